The zero-order valence-electron chi connectivity index (χ0n) is 11.5. The third-order valence-corrected chi connectivity index (χ3v) is 4.04. The first-order chi connectivity index (χ1) is 9.38. The summed E-state index contributed by atoms with van der Waals surface area (Å²) in [5, 5.41) is 3.70. The van der Waals surface area contributed by atoms with E-state index >= 15 is 0 Å². The van der Waals surface area contributed by atoms with E-state index in [9.17, 15) is 0 Å². The molecule has 1 N–H and O–H groups in total. The summed E-state index contributed by atoms with van der Waals surface area (Å²) in [5.74, 6) is 1.05. The monoisotopic (exact) mass is 265 g/mol. The zero-order chi connectivity index (χ0) is 13.1. The molecule has 19 heavy (non-hydrogen) atoms. The van der Waals surface area contributed by atoms with E-state index in [4.69, 9.17) is 9.47 Å². The van der Waals surface area contributed by atoms with E-state index in [1.807, 2.05) is 12.4 Å². The van der Waals surface area contributed by atoms with Crippen LogP contribution in [0, 0.1) is 0 Å². The Bertz CT molecular complexity index is 401. The maximum Gasteiger partial charge on any atom is 0.139 e. The van der Waals surface area contributed by atoms with Crippen LogP contribution < -0.4 is 5.32 Å². The molecule has 3 rings (SSSR count). The molecule has 2 fully saturated rings. The van der Waals surface area contributed by atoms with Gasteiger partial charge < -0.3 is 19.4 Å². The van der Waals surface area contributed by atoms with E-state index in [2.05, 4.69) is 21.8 Å². The smallest absolute Gasteiger partial charge is 0.139 e. The quantitative estimate of drug-likeness (QED) is 0.896. The molecule has 2 aliphatic rings. The molecule has 0 spiro atoms. The number of nitrogens with zero attached hydrogens (tertiary/aromatic N) is 2. The lowest BCUT2D eigenvalue weighted by Gasteiger charge is -2.28. The molecule has 0 saturated carbocycles. The highest BCUT2D eigenvalue weighted by Gasteiger charge is 2.34. The van der Waals surface area contributed by atoms with Gasteiger partial charge in [-0.3, -0.25) is 0 Å². The third kappa shape index (κ3) is 2.83. The molecule has 2 saturated heterocycles. The van der Waals surface area contributed by atoms with E-state index in [0.29, 0.717) is 12.1 Å². The minimum Gasteiger partial charge on any atom is -0.380 e. The molecule has 0 amide bonds. The molecule has 1 aromatic rings. The topological polar surface area (TPSA) is 48.3 Å². The molecular formula is C14H23N3O2. The molecular weight excluding hydrogens is 242 g/mol. The second-order valence-corrected chi connectivity index (χ2v) is 5.34. The van der Waals surface area contributed by atoms with Gasteiger partial charge in [-0.25, -0.2) is 4.98 Å². The Labute approximate surface area is 114 Å². The minimum atomic E-state index is 0.0804. The van der Waals surface area contributed by atoms with Gasteiger partial charge in [-0.2, -0.15) is 0 Å². The van der Waals surface area contributed by atoms with Crippen molar-refractivity contribution in [3.05, 3.63) is 18.2 Å². The minimum absolute atomic E-state index is 0.0804. The maximum absolute atomic E-state index is 5.91. The van der Waals surface area contributed by atoms with Crippen LogP contribution in [0.25, 0.3) is 0 Å². The van der Waals surface area contributed by atoms with Crippen LogP contribution in [0.3, 0.4) is 0 Å². The van der Waals surface area contributed by atoms with Crippen LogP contribution in [0.4, 0.5) is 0 Å². The van der Waals surface area contributed by atoms with Crippen molar-refractivity contribution < 1.29 is 9.47 Å². The highest BCUT2D eigenvalue weighted by atomic mass is 16.5. The van der Waals surface area contributed by atoms with Gasteiger partial charge in [-0.15, -0.1) is 0 Å². The van der Waals surface area contributed by atoms with Crippen LogP contribution in [0.5, 0.6) is 0 Å². The Balaban J connectivity index is 1.67. The zero-order valence-corrected chi connectivity index (χ0v) is 11.5. The number of ether oxygens (including phenoxy) is 2. The lowest BCUT2D eigenvalue weighted by Crippen LogP contribution is -2.44. The summed E-state index contributed by atoms with van der Waals surface area (Å²) >= 11 is 0. The van der Waals surface area contributed by atoms with Gasteiger partial charge >= 0.3 is 0 Å². The molecule has 0 aromatic carbocycles. The van der Waals surface area contributed by atoms with Gasteiger partial charge in [0.15, 0.2) is 0 Å². The Morgan fingerprint density at radius 3 is 3.16 bits per heavy atom. The molecule has 3 heterocycles. The fraction of sp³-hybridized carbons (Fsp3) is 0.786. The van der Waals surface area contributed by atoms with Crippen molar-refractivity contribution in [1.82, 2.24) is 14.9 Å². The van der Waals surface area contributed by atoms with Crippen molar-refractivity contribution in [3.63, 3.8) is 0 Å². The molecule has 5 nitrogen and oxygen atoms in total. The summed E-state index contributed by atoms with van der Waals surface area (Å²) < 4.78 is 13.6. The second kappa shape index (κ2) is 6.03. The maximum atomic E-state index is 5.91. The lowest BCUT2D eigenvalue weighted by molar-refractivity contribution is 0.0515. The van der Waals surface area contributed by atoms with Crippen LogP contribution in [0.2, 0.25) is 0 Å². The summed E-state index contributed by atoms with van der Waals surface area (Å²) in [4.78, 5) is 4.48. The van der Waals surface area contributed by atoms with E-state index < -0.39 is 0 Å². The highest BCUT2D eigenvalue weighted by molar-refractivity contribution is 5.03. The van der Waals surface area contributed by atoms with Crippen LogP contribution >= 0.6 is 0 Å². The van der Waals surface area contributed by atoms with Crippen molar-refractivity contribution in [2.24, 2.45) is 0 Å². The number of hydrogen-bond donors (Lipinski definition) is 1. The van der Waals surface area contributed by atoms with Gasteiger partial charge in [0.1, 0.15) is 11.9 Å². The summed E-state index contributed by atoms with van der Waals surface area (Å²) in [7, 11) is 0. The predicted molar refractivity (Wildman–Crippen MR) is 72.0 cm³/mol. The van der Waals surface area contributed by atoms with E-state index in [1.54, 1.807) is 0 Å². The Kier molecular flexibility index (Phi) is 4.15. The number of aryl methyl sites for hydroxylation is 1. The fourth-order valence-corrected chi connectivity index (χ4v) is 3.03. The predicted octanol–water partition coefficient (Wildman–Crippen LogP) is 1.50. The van der Waals surface area contributed by atoms with Crippen molar-refractivity contribution in [1.29, 1.82) is 0 Å². The van der Waals surface area contributed by atoms with Crippen molar-refractivity contribution in [2.75, 3.05) is 19.8 Å². The lowest BCUT2D eigenvalue weighted by atomic mass is 10.1. The summed E-state index contributed by atoms with van der Waals surface area (Å²) in [6, 6.07) is 0.826. The second-order valence-electron chi connectivity index (χ2n) is 5.34. The Morgan fingerprint density at radius 2 is 2.37 bits per heavy atom. The molecule has 2 aliphatic heterocycles. The third-order valence-electron chi connectivity index (χ3n) is 4.04. The van der Waals surface area contributed by atoms with Crippen LogP contribution in [0.1, 0.15) is 38.1 Å². The normalized spacial score (nSPS) is 31.7. The van der Waals surface area contributed by atoms with Crippen molar-refractivity contribution in [3.8, 4) is 0 Å². The molecule has 0 radical (unpaired) electrons. The molecule has 0 aliphatic carbocycles. The van der Waals surface area contributed by atoms with Gasteiger partial charge in [-0.1, -0.05) is 0 Å². The molecule has 3 atom stereocenters. The summed E-state index contributed by atoms with van der Waals surface area (Å²) in [5.41, 5.74) is 0. The average Bonchev–Trinajstić information content (AvgIpc) is 3.07. The van der Waals surface area contributed by atoms with Crippen molar-refractivity contribution >= 4 is 0 Å². The van der Waals surface area contributed by atoms with Gasteiger partial charge in [-0.05, 0) is 26.2 Å². The van der Waals surface area contributed by atoms with Crippen LogP contribution in [-0.4, -0.2) is 41.5 Å². The molecule has 1 unspecified atom stereocenters. The number of imidazole rings is 1. The van der Waals surface area contributed by atoms with Gasteiger partial charge in [0.25, 0.3) is 0 Å². The van der Waals surface area contributed by atoms with Gasteiger partial charge in [0.05, 0.1) is 6.61 Å². The van der Waals surface area contributed by atoms with E-state index in [1.165, 1.54) is 6.42 Å². The first-order valence-electron chi connectivity index (χ1n) is 7.35. The number of aromatic nitrogens is 2. The summed E-state index contributed by atoms with van der Waals surface area (Å²) in [6.45, 7) is 5.62. The molecule has 5 heteroatoms. The summed E-state index contributed by atoms with van der Waals surface area (Å²) in [6.07, 6.45) is 7.37. The largest absolute Gasteiger partial charge is 0.380 e. The molecule has 106 valence electrons. The van der Waals surface area contributed by atoms with Gasteiger partial charge in [0, 0.05) is 44.2 Å². The fourth-order valence-electron chi connectivity index (χ4n) is 3.03. The van der Waals surface area contributed by atoms with Crippen LogP contribution in [-0.2, 0) is 16.0 Å². The van der Waals surface area contributed by atoms with Gasteiger partial charge in [0.2, 0.25) is 0 Å². The number of hydrogen-bond acceptors (Lipinski definition) is 4. The van der Waals surface area contributed by atoms with Crippen LogP contribution in [0.15, 0.2) is 12.4 Å². The first kappa shape index (κ1) is 13.1. The number of rotatable bonds is 4. The van der Waals surface area contributed by atoms with E-state index in [-0.39, 0.29) is 6.10 Å². The number of nitrogens with one attached hydrogen (secondary N) is 1. The Morgan fingerprint density at radius 1 is 1.42 bits per heavy atom. The molecule has 1 aromatic heterocycles. The van der Waals surface area contributed by atoms with E-state index in [0.717, 1.165) is 45.0 Å². The Hall–Kier alpha value is -0.910. The van der Waals surface area contributed by atoms with Crippen molar-refractivity contribution in [2.45, 2.75) is 50.9 Å². The standard InChI is InChI=1S/C14H23N3O2/c1-2-17-7-6-15-14(17)13-12(5-9-19-13)16-11-4-3-8-18-10-11/h6-7,11-13,16H,2-5,8-10H2,1H3/t11?,12-,13-/m0/s1. The average molecular weight is 265 g/mol. The SMILES string of the molecule is CCn1ccnc1[C@H]1OCC[C@@H]1NC1CCCOC1. The highest BCUT2D eigenvalue weighted by Crippen LogP contribution is 2.29. The first-order valence-corrected chi connectivity index (χ1v) is 7.35. The molecule has 0 bridgehead atoms.